The number of hydrogen-bond acceptors (Lipinski definition) is 4. The largest absolute Gasteiger partial charge is 0.378 e. The Labute approximate surface area is 357 Å². The predicted octanol–water partition coefficient (Wildman–Crippen LogP) is 10.7. The van der Waals surface area contributed by atoms with E-state index < -0.39 is 40.5 Å². The topological polar surface area (TPSA) is 98.7 Å². The number of amides is 2. The summed E-state index contributed by atoms with van der Waals surface area (Å²) in [4.78, 5) is 31.1. The van der Waals surface area contributed by atoms with Crippen molar-refractivity contribution in [3.63, 3.8) is 0 Å². The number of nitrogens with one attached hydrogen (secondary N) is 2. The first-order valence-electron chi connectivity index (χ1n) is 21.0. The van der Waals surface area contributed by atoms with Crippen LogP contribution in [0, 0.1) is 5.41 Å². The van der Waals surface area contributed by atoms with E-state index in [4.69, 9.17) is 0 Å². The number of rotatable bonds is 14. The van der Waals surface area contributed by atoms with E-state index in [1.165, 1.54) is 0 Å². The molecule has 0 saturated heterocycles. The zero-order chi connectivity index (χ0) is 42.5. The Bertz CT molecular complexity index is 2480. The van der Waals surface area contributed by atoms with Gasteiger partial charge in [-0.1, -0.05) is 220 Å². The van der Waals surface area contributed by atoms with E-state index in [0.29, 0.717) is 33.4 Å². The van der Waals surface area contributed by atoms with Gasteiger partial charge in [-0.15, -0.1) is 0 Å². The standard InChI is InChI=1S/C55H50N2O4/c1-3-53(4-2,51(58)56-49(47-37-21-25-39-23-17-19-35-45(39)47)54(60,41-27-9-5-10-28-41)42-29-11-6-12-30-42)52(59)57-50(48-38-22-26-40-24-18-20-36-46(40)48)55(61,43-31-13-7-14-32-43)44-33-15-8-16-34-44/h5-38,49-50,60-61H,3-4H2,1-2H3,(H,56,58)(H,57,59)/t49-,50-/m0/s1. The third-order valence-corrected chi connectivity index (χ3v) is 12.6. The van der Waals surface area contributed by atoms with Gasteiger partial charge in [0.15, 0.2) is 0 Å². The first-order chi connectivity index (χ1) is 29.8. The normalized spacial score (nSPS) is 13.0. The summed E-state index contributed by atoms with van der Waals surface area (Å²) in [5.41, 5.74) is -1.50. The second-order valence-electron chi connectivity index (χ2n) is 15.7. The van der Waals surface area contributed by atoms with Crippen molar-refractivity contribution in [2.24, 2.45) is 5.41 Å². The van der Waals surface area contributed by atoms with E-state index in [1.54, 1.807) is 0 Å². The van der Waals surface area contributed by atoms with Crippen molar-refractivity contribution >= 4 is 33.4 Å². The van der Waals surface area contributed by atoms with Gasteiger partial charge in [-0.05, 0) is 67.8 Å². The summed E-state index contributed by atoms with van der Waals surface area (Å²) in [6.45, 7) is 3.67. The molecule has 0 fully saturated rings. The Balaban J connectivity index is 1.29. The third kappa shape index (κ3) is 7.39. The quantitative estimate of drug-likeness (QED) is 0.0823. The highest BCUT2D eigenvalue weighted by molar-refractivity contribution is 6.06. The van der Waals surface area contributed by atoms with Gasteiger partial charge < -0.3 is 20.8 Å². The molecule has 0 bridgehead atoms. The maximum Gasteiger partial charge on any atom is 0.236 e. The lowest BCUT2D eigenvalue weighted by Gasteiger charge is -2.42. The van der Waals surface area contributed by atoms with Crippen LogP contribution < -0.4 is 10.6 Å². The van der Waals surface area contributed by atoms with E-state index in [2.05, 4.69) is 10.6 Å². The average Bonchev–Trinajstić information content (AvgIpc) is 3.33. The van der Waals surface area contributed by atoms with Crippen LogP contribution in [-0.2, 0) is 20.8 Å². The molecule has 8 aromatic rings. The number of benzene rings is 8. The fourth-order valence-corrected chi connectivity index (χ4v) is 9.12. The van der Waals surface area contributed by atoms with Gasteiger partial charge in [0.05, 0.1) is 12.1 Å². The molecule has 0 radical (unpaired) electrons. The van der Waals surface area contributed by atoms with Crippen molar-refractivity contribution in [2.75, 3.05) is 0 Å². The maximum atomic E-state index is 15.6. The van der Waals surface area contributed by atoms with Crippen LogP contribution in [0.3, 0.4) is 0 Å². The lowest BCUT2D eigenvalue weighted by molar-refractivity contribution is -0.147. The highest BCUT2D eigenvalue weighted by atomic mass is 16.3. The number of carbonyl (C=O) groups is 2. The molecule has 4 N–H and O–H groups in total. The van der Waals surface area contributed by atoms with Crippen LogP contribution in [0.2, 0.25) is 0 Å². The van der Waals surface area contributed by atoms with E-state index in [0.717, 1.165) is 21.5 Å². The van der Waals surface area contributed by atoms with Crippen LogP contribution in [0.25, 0.3) is 21.5 Å². The van der Waals surface area contributed by atoms with Gasteiger partial charge >= 0.3 is 0 Å². The van der Waals surface area contributed by atoms with Crippen LogP contribution in [0.4, 0.5) is 0 Å². The van der Waals surface area contributed by atoms with E-state index in [1.807, 2.05) is 220 Å². The Hall–Kier alpha value is -6.86. The first-order valence-corrected chi connectivity index (χ1v) is 21.0. The molecule has 0 spiro atoms. The number of hydrogen-bond donors (Lipinski definition) is 4. The van der Waals surface area contributed by atoms with Crippen LogP contribution >= 0.6 is 0 Å². The second kappa shape index (κ2) is 17.4. The van der Waals surface area contributed by atoms with E-state index >= 15 is 9.59 Å². The summed E-state index contributed by atoms with van der Waals surface area (Å²) in [5.74, 6) is -1.09. The smallest absolute Gasteiger partial charge is 0.236 e. The lowest BCUT2D eigenvalue weighted by Crippen LogP contribution is -2.57. The minimum atomic E-state index is -1.78. The van der Waals surface area contributed by atoms with Crippen molar-refractivity contribution < 1.29 is 19.8 Å². The average molecular weight is 803 g/mol. The summed E-state index contributed by atoms with van der Waals surface area (Å²) >= 11 is 0. The summed E-state index contributed by atoms with van der Waals surface area (Å²) in [7, 11) is 0. The highest BCUT2D eigenvalue weighted by Crippen LogP contribution is 2.46. The monoisotopic (exact) mass is 802 g/mol. The minimum absolute atomic E-state index is 0.135. The van der Waals surface area contributed by atoms with Crippen molar-refractivity contribution in [2.45, 2.75) is 50.0 Å². The first kappa shape index (κ1) is 40.9. The summed E-state index contributed by atoms with van der Waals surface area (Å²) in [6, 6.07) is 62.8. The lowest BCUT2D eigenvalue weighted by atomic mass is 9.73. The fraction of sp³-hybridized carbons (Fsp3) is 0.164. The molecule has 6 nitrogen and oxygen atoms in total. The van der Waals surface area contributed by atoms with E-state index in [-0.39, 0.29) is 12.8 Å². The van der Waals surface area contributed by atoms with Gasteiger partial charge in [-0.2, -0.15) is 0 Å². The molecule has 0 aliphatic rings. The number of aliphatic hydroxyl groups is 2. The Morgan fingerprint density at radius 1 is 0.410 bits per heavy atom. The summed E-state index contributed by atoms with van der Waals surface area (Å²) in [5, 5.41) is 37.1. The molecule has 8 rings (SSSR count). The Kier molecular flexibility index (Phi) is 11.7. The molecule has 0 aliphatic heterocycles. The van der Waals surface area contributed by atoms with Gasteiger partial charge in [0.25, 0.3) is 0 Å². The van der Waals surface area contributed by atoms with Crippen LogP contribution in [-0.4, -0.2) is 22.0 Å². The highest BCUT2D eigenvalue weighted by Gasteiger charge is 2.51. The van der Waals surface area contributed by atoms with Crippen LogP contribution in [0.15, 0.2) is 206 Å². The number of fused-ring (bicyclic) bond motifs is 2. The van der Waals surface area contributed by atoms with Crippen LogP contribution in [0.5, 0.6) is 0 Å². The molecule has 0 unspecified atom stereocenters. The fourth-order valence-electron chi connectivity index (χ4n) is 9.12. The zero-order valence-electron chi connectivity index (χ0n) is 34.4. The van der Waals surface area contributed by atoms with Crippen molar-refractivity contribution in [1.82, 2.24) is 10.6 Å². The molecule has 304 valence electrons. The SMILES string of the molecule is CCC(CC)(C(=O)N[C@@H](c1cccc2ccccc12)C(O)(c1ccccc1)c1ccccc1)C(=O)N[C@@H](c1cccc2ccccc12)C(O)(c1ccccc1)c1ccccc1. The molecule has 0 saturated carbocycles. The Morgan fingerprint density at radius 2 is 0.689 bits per heavy atom. The molecule has 0 aliphatic carbocycles. The molecule has 8 aromatic carbocycles. The minimum Gasteiger partial charge on any atom is -0.378 e. The van der Waals surface area contributed by atoms with Gasteiger partial charge in [-0.25, -0.2) is 0 Å². The zero-order valence-corrected chi connectivity index (χ0v) is 34.4. The van der Waals surface area contributed by atoms with Crippen LogP contribution in [0.1, 0.15) is 72.2 Å². The molecule has 0 heterocycles. The summed E-state index contributed by atoms with van der Waals surface area (Å²) < 4.78 is 0. The van der Waals surface area contributed by atoms with Gasteiger partial charge in [-0.3, -0.25) is 9.59 Å². The maximum absolute atomic E-state index is 15.6. The molecule has 2 amide bonds. The molecule has 2 atom stereocenters. The third-order valence-electron chi connectivity index (χ3n) is 12.6. The van der Waals surface area contributed by atoms with E-state index in [9.17, 15) is 10.2 Å². The van der Waals surface area contributed by atoms with Gasteiger partial charge in [0, 0.05) is 0 Å². The van der Waals surface area contributed by atoms with Crippen molar-refractivity contribution in [1.29, 1.82) is 0 Å². The molecule has 6 heteroatoms. The van der Waals surface area contributed by atoms with Gasteiger partial charge in [0.1, 0.15) is 16.6 Å². The second-order valence-corrected chi connectivity index (χ2v) is 15.7. The van der Waals surface area contributed by atoms with Gasteiger partial charge in [0.2, 0.25) is 11.8 Å². The van der Waals surface area contributed by atoms with Crippen molar-refractivity contribution in [3.05, 3.63) is 240 Å². The Morgan fingerprint density at radius 3 is 1.00 bits per heavy atom. The molecule has 0 aromatic heterocycles. The predicted molar refractivity (Wildman–Crippen MR) is 244 cm³/mol. The summed E-state index contributed by atoms with van der Waals surface area (Å²) in [6.07, 6.45) is 0.270. The van der Waals surface area contributed by atoms with Crippen molar-refractivity contribution in [3.8, 4) is 0 Å². The molecular weight excluding hydrogens is 753 g/mol. The molecular formula is C55H50N2O4. The number of carbonyl (C=O) groups excluding carboxylic acids is 2. The molecule has 61 heavy (non-hydrogen) atoms.